The van der Waals surface area contributed by atoms with E-state index in [1.54, 1.807) is 24.3 Å². The van der Waals surface area contributed by atoms with E-state index in [4.69, 9.17) is 9.15 Å². The van der Waals surface area contributed by atoms with Crippen LogP contribution in [0, 0.1) is 5.92 Å². The van der Waals surface area contributed by atoms with E-state index in [1.807, 2.05) is 17.0 Å². The van der Waals surface area contributed by atoms with Gasteiger partial charge in [-0.15, -0.1) is 0 Å². The summed E-state index contributed by atoms with van der Waals surface area (Å²) >= 11 is 3.23. The molecule has 7 heteroatoms. The molecule has 2 aromatic rings. The summed E-state index contributed by atoms with van der Waals surface area (Å²) in [5.74, 6) is 1.25. The molecule has 1 unspecified atom stereocenters. The molecule has 2 fully saturated rings. The Bertz CT molecular complexity index is 844. The molecular weight excluding hydrogens is 424 g/mol. The molecule has 148 valence electrons. The molecule has 0 spiro atoms. The zero-order valence-electron chi connectivity index (χ0n) is 15.5. The van der Waals surface area contributed by atoms with Gasteiger partial charge in [-0.3, -0.25) is 9.59 Å². The van der Waals surface area contributed by atoms with Crippen molar-refractivity contribution in [2.45, 2.75) is 31.7 Å². The van der Waals surface area contributed by atoms with Crippen molar-refractivity contribution in [3.63, 3.8) is 0 Å². The number of hydrogen-bond donors (Lipinski definition) is 1. The third-order valence-corrected chi connectivity index (χ3v) is 5.53. The van der Waals surface area contributed by atoms with Gasteiger partial charge in [-0.2, -0.15) is 0 Å². The van der Waals surface area contributed by atoms with Crippen LogP contribution in [0.15, 0.2) is 45.5 Å². The molecule has 0 radical (unpaired) electrons. The first-order valence-electron chi connectivity index (χ1n) is 9.67. The first-order valence-corrected chi connectivity index (χ1v) is 10.5. The standard InChI is InChI=1S/C21H23BrN2O4/c22-19-10-9-18(28-19)21(26)24-11-1-2-14(12-24)13-27-17-7-3-15(4-8-17)20(25)23-16-5-6-16/h3-4,7-10,14,16H,1-2,5-6,11-13H2,(H,23,25). The molecule has 6 nitrogen and oxygen atoms in total. The molecular formula is C21H23BrN2O4. The lowest BCUT2D eigenvalue weighted by molar-refractivity contribution is 0.0601. The van der Waals surface area contributed by atoms with Crippen molar-refractivity contribution < 1.29 is 18.7 Å². The maximum atomic E-state index is 12.5. The van der Waals surface area contributed by atoms with Crippen molar-refractivity contribution >= 4 is 27.7 Å². The highest BCUT2D eigenvalue weighted by atomic mass is 79.9. The van der Waals surface area contributed by atoms with Gasteiger partial charge in [0.2, 0.25) is 0 Å². The number of halogens is 1. The van der Waals surface area contributed by atoms with Gasteiger partial charge in [0.05, 0.1) is 6.61 Å². The van der Waals surface area contributed by atoms with E-state index in [1.165, 1.54) is 0 Å². The molecule has 1 aromatic heterocycles. The van der Waals surface area contributed by atoms with Crippen LogP contribution in [-0.2, 0) is 0 Å². The lowest BCUT2D eigenvalue weighted by Gasteiger charge is -2.32. The second kappa shape index (κ2) is 8.39. The van der Waals surface area contributed by atoms with Gasteiger partial charge in [-0.1, -0.05) is 0 Å². The maximum absolute atomic E-state index is 12.5. The normalized spacial score (nSPS) is 19.3. The summed E-state index contributed by atoms with van der Waals surface area (Å²) in [6, 6.07) is 11.0. The van der Waals surface area contributed by atoms with Crippen LogP contribution in [0.4, 0.5) is 0 Å². The minimum atomic E-state index is -0.0820. The highest BCUT2D eigenvalue weighted by molar-refractivity contribution is 9.10. The zero-order chi connectivity index (χ0) is 19.5. The fourth-order valence-corrected chi connectivity index (χ4v) is 3.69. The Balaban J connectivity index is 1.28. The van der Waals surface area contributed by atoms with E-state index >= 15 is 0 Å². The second-order valence-electron chi connectivity index (χ2n) is 7.45. The molecule has 1 N–H and O–H groups in total. The topological polar surface area (TPSA) is 71.8 Å². The number of piperidine rings is 1. The van der Waals surface area contributed by atoms with Gasteiger partial charge < -0.3 is 19.4 Å². The van der Waals surface area contributed by atoms with Crippen molar-refractivity contribution in [2.75, 3.05) is 19.7 Å². The molecule has 1 atom stereocenters. The molecule has 1 saturated heterocycles. The number of likely N-dealkylation sites (tertiary alicyclic amines) is 1. The third-order valence-electron chi connectivity index (χ3n) is 5.10. The number of carbonyl (C=O) groups is 2. The molecule has 1 aliphatic carbocycles. The number of amides is 2. The van der Waals surface area contributed by atoms with E-state index in [2.05, 4.69) is 21.2 Å². The maximum Gasteiger partial charge on any atom is 0.289 e. The van der Waals surface area contributed by atoms with Gasteiger partial charge >= 0.3 is 0 Å². The molecule has 2 aliphatic rings. The minimum Gasteiger partial charge on any atom is -0.493 e. The predicted molar refractivity (Wildman–Crippen MR) is 107 cm³/mol. The van der Waals surface area contributed by atoms with E-state index in [0.29, 0.717) is 35.2 Å². The SMILES string of the molecule is O=C(NC1CC1)c1ccc(OCC2CCCN(C(=O)c3ccc(Br)o3)C2)cc1. The van der Waals surface area contributed by atoms with Crippen LogP contribution in [0.25, 0.3) is 0 Å². The Morgan fingerprint density at radius 1 is 1.14 bits per heavy atom. The summed E-state index contributed by atoms with van der Waals surface area (Å²) in [6.07, 6.45) is 4.12. The van der Waals surface area contributed by atoms with Gasteiger partial charge in [0.15, 0.2) is 10.4 Å². The number of hydrogen-bond acceptors (Lipinski definition) is 4. The highest BCUT2D eigenvalue weighted by Crippen LogP contribution is 2.23. The van der Waals surface area contributed by atoms with E-state index in [9.17, 15) is 9.59 Å². The molecule has 1 saturated carbocycles. The van der Waals surface area contributed by atoms with Gasteiger partial charge in [0.25, 0.3) is 11.8 Å². The average molecular weight is 447 g/mol. The molecule has 4 rings (SSSR count). The van der Waals surface area contributed by atoms with Crippen LogP contribution in [0.3, 0.4) is 0 Å². The summed E-state index contributed by atoms with van der Waals surface area (Å²) in [6.45, 7) is 1.93. The third kappa shape index (κ3) is 4.76. The van der Waals surface area contributed by atoms with Gasteiger partial charge in [-0.05, 0) is 78.0 Å². The summed E-state index contributed by atoms with van der Waals surface area (Å²) in [4.78, 5) is 26.4. The van der Waals surface area contributed by atoms with Crippen LogP contribution in [0.1, 0.15) is 46.6 Å². The monoisotopic (exact) mass is 446 g/mol. The van der Waals surface area contributed by atoms with Crippen LogP contribution < -0.4 is 10.1 Å². The zero-order valence-corrected chi connectivity index (χ0v) is 17.1. The first kappa shape index (κ1) is 19.1. The van der Waals surface area contributed by atoms with E-state index < -0.39 is 0 Å². The Labute approximate surface area is 172 Å². The fraction of sp³-hybridized carbons (Fsp3) is 0.429. The molecule has 0 bridgehead atoms. The van der Waals surface area contributed by atoms with Gasteiger partial charge in [-0.25, -0.2) is 0 Å². The first-order chi connectivity index (χ1) is 13.6. The van der Waals surface area contributed by atoms with Crippen LogP contribution >= 0.6 is 15.9 Å². The fourth-order valence-electron chi connectivity index (χ4n) is 3.38. The Kier molecular flexibility index (Phi) is 5.71. The van der Waals surface area contributed by atoms with Crippen molar-refractivity contribution in [2.24, 2.45) is 5.92 Å². The molecule has 1 aliphatic heterocycles. The molecule has 28 heavy (non-hydrogen) atoms. The summed E-state index contributed by atoms with van der Waals surface area (Å²) < 4.78 is 11.9. The lowest BCUT2D eigenvalue weighted by Crippen LogP contribution is -2.41. The number of rotatable bonds is 6. The Morgan fingerprint density at radius 3 is 2.61 bits per heavy atom. The number of benzene rings is 1. The Morgan fingerprint density at radius 2 is 1.93 bits per heavy atom. The van der Waals surface area contributed by atoms with Crippen molar-refractivity contribution in [1.29, 1.82) is 0 Å². The quantitative estimate of drug-likeness (QED) is 0.730. The van der Waals surface area contributed by atoms with Crippen LogP contribution in [0.2, 0.25) is 0 Å². The number of carbonyl (C=O) groups excluding carboxylic acids is 2. The molecule has 2 heterocycles. The molecule has 1 aromatic carbocycles. The Hall–Kier alpha value is -2.28. The molecule has 2 amide bonds. The number of ether oxygens (including phenoxy) is 1. The minimum absolute atomic E-state index is 0.0277. The predicted octanol–water partition coefficient (Wildman–Crippen LogP) is 3.87. The van der Waals surface area contributed by atoms with Crippen molar-refractivity contribution in [3.8, 4) is 5.75 Å². The summed E-state index contributed by atoms with van der Waals surface area (Å²) in [7, 11) is 0. The lowest BCUT2D eigenvalue weighted by atomic mass is 9.98. The van der Waals surface area contributed by atoms with Crippen molar-refractivity contribution in [3.05, 3.63) is 52.4 Å². The summed E-state index contributed by atoms with van der Waals surface area (Å²) in [5.41, 5.74) is 0.651. The summed E-state index contributed by atoms with van der Waals surface area (Å²) in [5, 5.41) is 2.98. The number of nitrogens with zero attached hydrogens (tertiary/aromatic N) is 1. The number of nitrogens with one attached hydrogen (secondary N) is 1. The van der Waals surface area contributed by atoms with Gasteiger partial charge in [0.1, 0.15) is 5.75 Å². The highest BCUT2D eigenvalue weighted by Gasteiger charge is 2.27. The van der Waals surface area contributed by atoms with Crippen LogP contribution in [-0.4, -0.2) is 42.5 Å². The smallest absolute Gasteiger partial charge is 0.289 e. The van der Waals surface area contributed by atoms with Crippen molar-refractivity contribution in [1.82, 2.24) is 10.2 Å². The van der Waals surface area contributed by atoms with E-state index in [0.717, 1.165) is 38.0 Å². The average Bonchev–Trinajstić information content (AvgIpc) is 3.43. The van der Waals surface area contributed by atoms with E-state index in [-0.39, 0.29) is 17.7 Å². The van der Waals surface area contributed by atoms with Gasteiger partial charge in [0, 0.05) is 30.6 Å². The largest absolute Gasteiger partial charge is 0.493 e. The van der Waals surface area contributed by atoms with Crippen LogP contribution in [0.5, 0.6) is 5.75 Å². The second-order valence-corrected chi connectivity index (χ2v) is 8.23. The number of furan rings is 1.